The van der Waals surface area contributed by atoms with Crippen LogP contribution in [0.25, 0.3) is 11.3 Å². The summed E-state index contributed by atoms with van der Waals surface area (Å²) in [5.74, 6) is 0.793. The molecule has 124 valence electrons. The van der Waals surface area contributed by atoms with Crippen LogP contribution in [-0.2, 0) is 6.54 Å². The summed E-state index contributed by atoms with van der Waals surface area (Å²) >= 11 is 0. The summed E-state index contributed by atoms with van der Waals surface area (Å²) in [5.41, 5.74) is 4.41. The van der Waals surface area contributed by atoms with Crippen molar-refractivity contribution in [2.24, 2.45) is 0 Å². The van der Waals surface area contributed by atoms with Gasteiger partial charge in [0.25, 0.3) is 0 Å². The minimum absolute atomic E-state index is 0.335. The number of nitrogens with zero attached hydrogens (tertiary/aromatic N) is 3. The second-order valence-corrected chi connectivity index (χ2v) is 6.50. The Bertz CT molecular complexity index is 793. The Hall–Kier alpha value is -2.40. The van der Waals surface area contributed by atoms with Gasteiger partial charge in [-0.3, -0.25) is 10.00 Å². The number of benzene rings is 1. The average molecular weight is 322 g/mol. The van der Waals surface area contributed by atoms with Gasteiger partial charge in [0.15, 0.2) is 5.76 Å². The molecule has 24 heavy (non-hydrogen) atoms. The van der Waals surface area contributed by atoms with Gasteiger partial charge in [0.1, 0.15) is 0 Å². The van der Waals surface area contributed by atoms with Crippen molar-refractivity contribution in [2.45, 2.75) is 38.8 Å². The number of likely N-dealkylation sites (tertiary alicyclic amines) is 1. The van der Waals surface area contributed by atoms with Gasteiger partial charge >= 0.3 is 0 Å². The Morgan fingerprint density at radius 2 is 2.12 bits per heavy atom. The highest BCUT2D eigenvalue weighted by Crippen LogP contribution is 2.36. The molecule has 1 aliphatic rings. The fourth-order valence-corrected chi connectivity index (χ4v) is 3.56. The summed E-state index contributed by atoms with van der Waals surface area (Å²) in [4.78, 5) is 2.54. The van der Waals surface area contributed by atoms with Gasteiger partial charge in [0.05, 0.1) is 29.2 Å². The van der Waals surface area contributed by atoms with E-state index < -0.39 is 0 Å². The molecule has 0 saturated carbocycles. The zero-order chi connectivity index (χ0) is 16.4. The Morgan fingerprint density at radius 1 is 1.25 bits per heavy atom. The maximum atomic E-state index is 5.47. The second kappa shape index (κ2) is 6.61. The van der Waals surface area contributed by atoms with Gasteiger partial charge in [0.2, 0.25) is 0 Å². The fraction of sp³-hybridized carbons (Fsp3) is 0.368. The lowest BCUT2D eigenvalue weighted by molar-refractivity contribution is 0.137. The molecular weight excluding hydrogens is 300 g/mol. The molecule has 0 aliphatic carbocycles. The zero-order valence-electron chi connectivity index (χ0n) is 13.9. The van der Waals surface area contributed by atoms with Gasteiger partial charge in [-0.1, -0.05) is 41.9 Å². The van der Waals surface area contributed by atoms with Gasteiger partial charge in [0, 0.05) is 12.6 Å². The summed E-state index contributed by atoms with van der Waals surface area (Å²) in [7, 11) is 0. The summed E-state index contributed by atoms with van der Waals surface area (Å²) < 4.78 is 5.47. The van der Waals surface area contributed by atoms with Gasteiger partial charge in [-0.25, -0.2) is 0 Å². The summed E-state index contributed by atoms with van der Waals surface area (Å²) in [6, 6.07) is 13.0. The highest BCUT2D eigenvalue weighted by molar-refractivity contribution is 5.60. The number of aromatic nitrogens is 3. The van der Waals surface area contributed by atoms with Crippen molar-refractivity contribution >= 4 is 0 Å². The predicted octanol–water partition coefficient (Wildman–Crippen LogP) is 4.10. The lowest BCUT2D eigenvalue weighted by Crippen LogP contribution is -2.33. The first-order valence-corrected chi connectivity index (χ1v) is 8.56. The number of H-pyrrole nitrogens is 1. The second-order valence-electron chi connectivity index (χ2n) is 6.50. The van der Waals surface area contributed by atoms with E-state index in [9.17, 15) is 0 Å². The van der Waals surface area contributed by atoms with E-state index in [2.05, 4.69) is 50.6 Å². The first-order valence-electron chi connectivity index (χ1n) is 8.56. The molecule has 0 spiro atoms. The maximum Gasteiger partial charge on any atom is 0.170 e. The van der Waals surface area contributed by atoms with Crippen molar-refractivity contribution in [1.82, 2.24) is 20.3 Å². The molecule has 3 aromatic rings. The number of nitrogens with one attached hydrogen (secondary N) is 1. The lowest BCUT2D eigenvalue weighted by atomic mass is 9.95. The third kappa shape index (κ3) is 2.99. The van der Waals surface area contributed by atoms with Gasteiger partial charge < -0.3 is 4.52 Å². The molecule has 1 aromatic carbocycles. The van der Waals surface area contributed by atoms with E-state index in [0.29, 0.717) is 6.04 Å². The van der Waals surface area contributed by atoms with Crippen molar-refractivity contribution < 1.29 is 4.52 Å². The molecule has 3 heterocycles. The number of hydrogen-bond acceptors (Lipinski definition) is 4. The number of aryl methyl sites for hydroxylation is 1. The highest BCUT2D eigenvalue weighted by atomic mass is 16.5. The van der Waals surface area contributed by atoms with Gasteiger partial charge in [-0.05, 0) is 31.9 Å². The molecule has 1 saturated heterocycles. The quantitative estimate of drug-likeness (QED) is 0.785. The van der Waals surface area contributed by atoms with E-state index in [1.807, 2.05) is 19.2 Å². The predicted molar refractivity (Wildman–Crippen MR) is 92.3 cm³/mol. The topological polar surface area (TPSA) is 58.0 Å². The van der Waals surface area contributed by atoms with E-state index in [4.69, 9.17) is 4.52 Å². The normalized spacial score (nSPS) is 18.8. The van der Waals surface area contributed by atoms with Crippen molar-refractivity contribution in [1.29, 1.82) is 0 Å². The minimum atomic E-state index is 0.335. The molecule has 1 N–H and O–H groups in total. The van der Waals surface area contributed by atoms with Crippen LogP contribution < -0.4 is 0 Å². The van der Waals surface area contributed by atoms with Crippen molar-refractivity contribution in [3.8, 4) is 11.3 Å². The molecule has 5 nitrogen and oxygen atoms in total. The van der Waals surface area contributed by atoms with Gasteiger partial charge in [-0.2, -0.15) is 5.10 Å². The number of rotatable bonds is 4. The van der Waals surface area contributed by atoms with Crippen LogP contribution in [0.5, 0.6) is 0 Å². The Morgan fingerprint density at radius 3 is 2.92 bits per heavy atom. The largest absolute Gasteiger partial charge is 0.356 e. The molecule has 0 radical (unpaired) electrons. The molecule has 1 unspecified atom stereocenters. The van der Waals surface area contributed by atoms with Crippen LogP contribution in [-0.4, -0.2) is 26.8 Å². The molecular formula is C19H22N4O. The van der Waals surface area contributed by atoms with Crippen LogP contribution in [0.4, 0.5) is 0 Å². The monoisotopic (exact) mass is 322 g/mol. The van der Waals surface area contributed by atoms with Crippen molar-refractivity contribution in [2.75, 3.05) is 6.54 Å². The Labute approximate surface area is 141 Å². The molecule has 0 bridgehead atoms. The van der Waals surface area contributed by atoms with Crippen LogP contribution in [0.1, 0.15) is 42.3 Å². The molecule has 4 rings (SSSR count). The average Bonchev–Trinajstić information content (AvgIpc) is 3.25. The van der Waals surface area contributed by atoms with Crippen LogP contribution in [0.3, 0.4) is 0 Å². The van der Waals surface area contributed by atoms with Gasteiger partial charge in [-0.15, -0.1) is 0 Å². The van der Waals surface area contributed by atoms with E-state index in [0.717, 1.165) is 42.2 Å². The van der Waals surface area contributed by atoms with Crippen molar-refractivity contribution in [3.05, 3.63) is 59.5 Å². The summed E-state index contributed by atoms with van der Waals surface area (Å²) in [6.07, 6.45) is 5.47. The number of piperidine rings is 1. The first kappa shape index (κ1) is 15.1. The standard InChI is InChI=1S/C19H22N4O/c1-14-11-18(24-22-14)16-12-20-21-19(16)17-9-5-6-10-23(17)13-15-7-3-2-4-8-15/h2-4,7-8,11-12,17H,5-6,9-10,13H2,1H3,(H,20,21). The third-order valence-corrected chi connectivity index (χ3v) is 4.74. The fourth-order valence-electron chi connectivity index (χ4n) is 3.56. The van der Waals surface area contributed by atoms with Crippen LogP contribution in [0.15, 0.2) is 47.1 Å². The molecule has 1 atom stereocenters. The van der Waals surface area contributed by atoms with E-state index in [1.54, 1.807) is 0 Å². The highest BCUT2D eigenvalue weighted by Gasteiger charge is 2.28. The Balaban J connectivity index is 1.63. The third-order valence-electron chi connectivity index (χ3n) is 4.74. The van der Waals surface area contributed by atoms with E-state index in [1.165, 1.54) is 18.4 Å². The maximum absolute atomic E-state index is 5.47. The van der Waals surface area contributed by atoms with Crippen LogP contribution in [0.2, 0.25) is 0 Å². The Kier molecular flexibility index (Phi) is 4.17. The molecule has 0 amide bonds. The SMILES string of the molecule is Cc1cc(-c2cn[nH]c2C2CCCCN2Cc2ccccc2)on1. The van der Waals surface area contributed by atoms with E-state index >= 15 is 0 Å². The van der Waals surface area contributed by atoms with Crippen LogP contribution in [0, 0.1) is 6.92 Å². The smallest absolute Gasteiger partial charge is 0.170 e. The zero-order valence-corrected chi connectivity index (χ0v) is 13.9. The van der Waals surface area contributed by atoms with Crippen LogP contribution >= 0.6 is 0 Å². The molecule has 1 aliphatic heterocycles. The minimum Gasteiger partial charge on any atom is -0.356 e. The lowest BCUT2D eigenvalue weighted by Gasteiger charge is -2.35. The molecule has 1 fully saturated rings. The number of hydrogen-bond donors (Lipinski definition) is 1. The molecule has 2 aromatic heterocycles. The first-order chi connectivity index (χ1) is 11.8. The summed E-state index contributed by atoms with van der Waals surface area (Å²) in [6.45, 7) is 4.00. The van der Waals surface area contributed by atoms with E-state index in [-0.39, 0.29) is 0 Å². The van der Waals surface area contributed by atoms with Crippen molar-refractivity contribution in [3.63, 3.8) is 0 Å². The number of aromatic amines is 1. The molecule has 5 heteroatoms. The summed E-state index contributed by atoms with van der Waals surface area (Å²) in [5, 5.41) is 11.5.